The van der Waals surface area contributed by atoms with E-state index in [1.165, 1.54) is 4.31 Å². The van der Waals surface area contributed by atoms with Crippen LogP contribution in [0.3, 0.4) is 0 Å². The van der Waals surface area contributed by atoms with Crippen LogP contribution in [-0.2, 0) is 10.0 Å². The van der Waals surface area contributed by atoms with E-state index in [1.807, 2.05) is 24.3 Å². The average molecular weight is 276 g/mol. The second-order valence-electron chi connectivity index (χ2n) is 4.93. The molecule has 1 aliphatic carbocycles. The Balaban J connectivity index is 1.94. The summed E-state index contributed by atoms with van der Waals surface area (Å²) in [5.74, 6) is -0.00826. The summed E-state index contributed by atoms with van der Waals surface area (Å²) >= 11 is 0. The van der Waals surface area contributed by atoms with Crippen molar-refractivity contribution in [3.63, 3.8) is 0 Å². The first-order valence-corrected chi connectivity index (χ1v) is 7.85. The summed E-state index contributed by atoms with van der Waals surface area (Å²) in [4.78, 5) is 0.325. The summed E-state index contributed by atoms with van der Waals surface area (Å²) < 4.78 is 34.9. The molecule has 1 aliphatic heterocycles. The van der Waals surface area contributed by atoms with Crippen molar-refractivity contribution in [2.24, 2.45) is 11.8 Å². The van der Waals surface area contributed by atoms with Gasteiger partial charge in [0, 0.05) is 20.4 Å². The molecule has 3 rings (SSSR count). The smallest absolute Gasteiger partial charge is 0.207 e. The standard InChI is InChI=1S/C15H17NO2S/c17-19(18,15-7-2-1-3-8-15)16-11-13-5-4-6-14(12-16)10-9-13/h1-5,7-10,13-14H,6,11-12H2/i6D. The molecule has 0 saturated heterocycles. The Kier molecular flexibility index (Phi) is 2.98. The maximum absolute atomic E-state index is 12.7. The van der Waals surface area contributed by atoms with Crippen molar-refractivity contribution in [1.82, 2.24) is 4.31 Å². The van der Waals surface area contributed by atoms with Gasteiger partial charge in [-0.15, -0.1) is 0 Å². The van der Waals surface area contributed by atoms with Crippen molar-refractivity contribution in [2.75, 3.05) is 13.1 Å². The summed E-state index contributed by atoms with van der Waals surface area (Å²) in [6.45, 7) is 0.830. The zero-order chi connectivity index (χ0) is 14.2. The minimum Gasteiger partial charge on any atom is -0.207 e. The van der Waals surface area contributed by atoms with Crippen LogP contribution < -0.4 is 0 Å². The molecule has 4 heteroatoms. The molecule has 0 N–H and O–H groups in total. The SMILES string of the molecule is [2H]C1C=CC2C=CC1CN(S(=O)(=O)c1ccccc1)C2. The van der Waals surface area contributed by atoms with Gasteiger partial charge in [0.1, 0.15) is 0 Å². The highest BCUT2D eigenvalue weighted by Crippen LogP contribution is 2.26. The van der Waals surface area contributed by atoms with Crippen molar-refractivity contribution in [3.05, 3.63) is 54.6 Å². The van der Waals surface area contributed by atoms with Crippen LogP contribution in [0.1, 0.15) is 7.77 Å². The van der Waals surface area contributed by atoms with Gasteiger partial charge in [-0.2, -0.15) is 4.31 Å². The van der Waals surface area contributed by atoms with Crippen molar-refractivity contribution >= 4 is 10.0 Å². The fraction of sp³-hybridized carbons (Fsp3) is 0.333. The van der Waals surface area contributed by atoms with Crippen molar-refractivity contribution in [2.45, 2.75) is 11.3 Å². The summed E-state index contributed by atoms with van der Waals surface area (Å²) in [7, 11) is -3.47. The van der Waals surface area contributed by atoms with Gasteiger partial charge < -0.3 is 0 Å². The average Bonchev–Trinajstić information content (AvgIpc) is 2.77. The Morgan fingerprint density at radius 1 is 1.11 bits per heavy atom. The maximum atomic E-state index is 12.7. The predicted octanol–water partition coefficient (Wildman–Crippen LogP) is 2.44. The van der Waals surface area contributed by atoms with Crippen LogP contribution in [-0.4, -0.2) is 25.8 Å². The lowest BCUT2D eigenvalue weighted by molar-refractivity contribution is 0.364. The highest BCUT2D eigenvalue weighted by molar-refractivity contribution is 7.89. The van der Waals surface area contributed by atoms with Crippen LogP contribution in [0, 0.1) is 11.8 Å². The Labute approximate surface area is 115 Å². The zero-order valence-corrected chi connectivity index (χ0v) is 11.3. The van der Waals surface area contributed by atoms with E-state index in [0.717, 1.165) is 0 Å². The minimum atomic E-state index is -3.47. The molecule has 0 radical (unpaired) electrons. The van der Waals surface area contributed by atoms with Gasteiger partial charge in [-0.3, -0.25) is 0 Å². The first kappa shape index (κ1) is 11.4. The van der Waals surface area contributed by atoms with Gasteiger partial charge in [0.25, 0.3) is 0 Å². The molecule has 2 aliphatic rings. The monoisotopic (exact) mass is 276 g/mol. The van der Waals surface area contributed by atoms with E-state index in [9.17, 15) is 8.42 Å². The fourth-order valence-corrected chi connectivity index (χ4v) is 4.03. The van der Waals surface area contributed by atoms with Crippen LogP contribution in [0.2, 0.25) is 0 Å². The van der Waals surface area contributed by atoms with E-state index in [1.54, 1.807) is 30.3 Å². The number of hydrogen-bond acceptors (Lipinski definition) is 2. The fourth-order valence-electron chi connectivity index (χ4n) is 2.49. The molecule has 0 fully saturated rings. The third-order valence-electron chi connectivity index (χ3n) is 3.53. The maximum Gasteiger partial charge on any atom is 0.243 e. The zero-order valence-electron chi connectivity index (χ0n) is 11.5. The van der Waals surface area contributed by atoms with Crippen LogP contribution in [0.15, 0.2) is 59.5 Å². The van der Waals surface area contributed by atoms with Crippen LogP contribution in [0.25, 0.3) is 0 Å². The van der Waals surface area contributed by atoms with Gasteiger partial charge in [-0.25, -0.2) is 8.42 Å². The predicted molar refractivity (Wildman–Crippen MR) is 75.1 cm³/mol. The van der Waals surface area contributed by atoms with Crippen molar-refractivity contribution in [3.8, 4) is 0 Å². The highest BCUT2D eigenvalue weighted by Gasteiger charge is 2.30. The molecular weight excluding hydrogens is 258 g/mol. The van der Waals surface area contributed by atoms with Gasteiger partial charge in [0.15, 0.2) is 0 Å². The van der Waals surface area contributed by atoms with E-state index in [2.05, 4.69) is 0 Å². The number of hydrogen-bond donors (Lipinski definition) is 0. The third kappa shape index (κ3) is 2.51. The molecule has 3 unspecified atom stereocenters. The van der Waals surface area contributed by atoms with Gasteiger partial charge >= 0.3 is 0 Å². The summed E-state index contributed by atoms with van der Waals surface area (Å²) in [6.07, 6.45) is 7.46. The quantitative estimate of drug-likeness (QED) is 0.778. The molecule has 2 bridgehead atoms. The van der Waals surface area contributed by atoms with Crippen LogP contribution in [0.5, 0.6) is 0 Å². The van der Waals surface area contributed by atoms with E-state index in [4.69, 9.17) is 1.37 Å². The summed E-state index contributed by atoms with van der Waals surface area (Å²) in [5.41, 5.74) is 0. The van der Waals surface area contributed by atoms with Crippen molar-refractivity contribution in [1.29, 1.82) is 0 Å². The topological polar surface area (TPSA) is 37.4 Å². The normalized spacial score (nSPS) is 31.8. The number of fused-ring (bicyclic) bond motifs is 2. The molecule has 0 amide bonds. The number of nitrogens with zero attached hydrogens (tertiary/aromatic N) is 1. The summed E-state index contributed by atoms with van der Waals surface area (Å²) in [5, 5.41) is 0. The lowest BCUT2D eigenvalue weighted by Crippen LogP contribution is -2.37. The van der Waals surface area contributed by atoms with Crippen LogP contribution >= 0.6 is 0 Å². The summed E-state index contributed by atoms with van der Waals surface area (Å²) in [6, 6.07) is 8.52. The molecule has 0 saturated carbocycles. The molecule has 0 aromatic heterocycles. The first-order chi connectivity index (χ1) is 9.57. The first-order valence-electron chi connectivity index (χ1n) is 6.99. The van der Waals surface area contributed by atoms with E-state index in [-0.39, 0.29) is 18.2 Å². The Bertz CT molecular complexity index is 637. The van der Waals surface area contributed by atoms with E-state index in [0.29, 0.717) is 18.0 Å². The molecule has 3 nitrogen and oxygen atoms in total. The number of rotatable bonds is 2. The van der Waals surface area contributed by atoms with Crippen molar-refractivity contribution < 1.29 is 9.79 Å². The van der Waals surface area contributed by atoms with Gasteiger partial charge in [-0.1, -0.05) is 42.5 Å². The third-order valence-corrected chi connectivity index (χ3v) is 5.38. The largest absolute Gasteiger partial charge is 0.243 e. The molecule has 3 atom stereocenters. The van der Waals surface area contributed by atoms with Gasteiger partial charge in [0.05, 0.1) is 4.90 Å². The molecular formula is C15H17NO2S. The minimum absolute atomic E-state index is 0.0637. The van der Waals surface area contributed by atoms with Gasteiger partial charge in [-0.05, 0) is 24.4 Å². The number of benzene rings is 1. The van der Waals surface area contributed by atoms with Crippen LogP contribution in [0.4, 0.5) is 0 Å². The second kappa shape index (κ2) is 4.94. The highest BCUT2D eigenvalue weighted by atomic mass is 32.2. The molecule has 19 heavy (non-hydrogen) atoms. The Morgan fingerprint density at radius 2 is 1.89 bits per heavy atom. The number of allylic oxidation sites excluding steroid dienone is 1. The number of sulfonamides is 1. The Morgan fingerprint density at radius 3 is 2.68 bits per heavy atom. The molecule has 1 heterocycles. The second-order valence-corrected chi connectivity index (χ2v) is 6.86. The molecule has 0 spiro atoms. The lowest BCUT2D eigenvalue weighted by atomic mass is 10.1. The van der Waals surface area contributed by atoms with E-state index < -0.39 is 10.0 Å². The molecule has 100 valence electrons. The lowest BCUT2D eigenvalue weighted by Gasteiger charge is -2.26. The Hall–Kier alpha value is -1.39. The molecule has 1 aromatic carbocycles. The van der Waals surface area contributed by atoms with Gasteiger partial charge in [0.2, 0.25) is 10.0 Å². The van der Waals surface area contributed by atoms with E-state index >= 15 is 0 Å². The molecule has 1 aromatic rings.